The van der Waals surface area contributed by atoms with Crippen LogP contribution < -0.4 is 11.1 Å². The molecule has 3 rings (SSSR count). The predicted octanol–water partition coefficient (Wildman–Crippen LogP) is -3.40. The maximum atomic E-state index is 14.4. The summed E-state index contributed by atoms with van der Waals surface area (Å²) in [5, 5.41) is 31.0. The van der Waals surface area contributed by atoms with E-state index >= 15 is 0 Å². The van der Waals surface area contributed by atoms with Crippen molar-refractivity contribution < 1.29 is 29.2 Å². The number of nitrogens with zero attached hydrogens (tertiary/aromatic N) is 3. The third-order valence-corrected chi connectivity index (χ3v) is 3.66. The normalized spacial score (nSPS) is 44.5. The summed E-state index contributed by atoms with van der Waals surface area (Å²) in [6, 6.07) is 0. The van der Waals surface area contributed by atoms with Crippen LogP contribution in [0.2, 0.25) is 0 Å². The fraction of sp³-hybridized carbons (Fsp3) is 0.727. The van der Waals surface area contributed by atoms with E-state index in [1.54, 1.807) is 0 Å². The van der Waals surface area contributed by atoms with Crippen molar-refractivity contribution in [2.24, 2.45) is 15.7 Å². The number of halogens is 1. The number of rotatable bonds is 2. The number of nitrogens with one attached hydrogen (secondary N) is 1. The Morgan fingerprint density at radius 3 is 2.91 bits per heavy atom. The molecule has 0 saturated carbocycles. The molecule has 10 nitrogen and oxygen atoms in total. The van der Waals surface area contributed by atoms with E-state index in [9.17, 15) is 19.4 Å². The molecule has 0 aromatic carbocycles. The van der Waals surface area contributed by atoms with E-state index in [1.165, 1.54) is 6.92 Å². The quantitative estimate of drug-likeness (QED) is 0.356. The molecule has 1 saturated heterocycles. The van der Waals surface area contributed by atoms with Crippen LogP contribution in [-0.4, -0.2) is 81.0 Å². The number of aliphatic hydroxyl groups is 3. The number of amidine groups is 1. The fourth-order valence-electron chi connectivity index (χ4n) is 2.61. The van der Waals surface area contributed by atoms with E-state index in [2.05, 4.69) is 15.3 Å². The molecule has 0 aromatic rings. The van der Waals surface area contributed by atoms with Crippen LogP contribution in [0.4, 0.5) is 4.39 Å². The highest BCUT2D eigenvalue weighted by Crippen LogP contribution is 2.36. The maximum Gasteiger partial charge on any atom is 0.280 e. The third kappa shape index (κ3) is 2.09. The molecule has 1 fully saturated rings. The third-order valence-electron chi connectivity index (χ3n) is 3.66. The molecule has 0 bridgehead atoms. The van der Waals surface area contributed by atoms with Crippen LogP contribution in [-0.2, 0) is 9.53 Å². The first-order valence-electron chi connectivity index (χ1n) is 6.56. The van der Waals surface area contributed by atoms with E-state index in [-0.39, 0.29) is 18.2 Å². The zero-order valence-corrected chi connectivity index (χ0v) is 11.6. The molecule has 6 N–H and O–H groups in total. The van der Waals surface area contributed by atoms with Crippen molar-refractivity contribution in [1.82, 2.24) is 10.2 Å². The number of nitrogens with two attached hydrogens (primary N) is 1. The van der Waals surface area contributed by atoms with Gasteiger partial charge in [0.25, 0.3) is 11.8 Å². The van der Waals surface area contributed by atoms with Gasteiger partial charge in [-0.2, -0.15) is 0 Å². The largest absolute Gasteiger partial charge is 0.394 e. The number of carbonyl (C=O) groups is 1. The number of ether oxygens (including phenoxy) is 1. The van der Waals surface area contributed by atoms with Crippen LogP contribution in [0.3, 0.4) is 0 Å². The Morgan fingerprint density at radius 2 is 2.32 bits per heavy atom. The van der Waals surface area contributed by atoms with Crippen LogP contribution in [0.5, 0.6) is 0 Å². The Kier molecular flexibility index (Phi) is 3.23. The Balaban J connectivity index is 1.94. The molecule has 1 unspecified atom stereocenters. The first-order valence-corrected chi connectivity index (χ1v) is 6.56. The predicted molar refractivity (Wildman–Crippen MR) is 70.1 cm³/mol. The molecule has 0 aromatic heterocycles. The SMILES string of the molecule is CC1(N)N=C2C(=NCN2[C@@H]2O[C@H](CO)[C@@H](O)[C@]2(O)F)C(=O)N1. The smallest absolute Gasteiger partial charge is 0.280 e. The van der Waals surface area contributed by atoms with Crippen molar-refractivity contribution in [2.75, 3.05) is 13.3 Å². The van der Waals surface area contributed by atoms with Gasteiger partial charge in [-0.15, -0.1) is 0 Å². The lowest BCUT2D eigenvalue weighted by Crippen LogP contribution is -2.62. The lowest BCUT2D eigenvalue weighted by molar-refractivity contribution is -0.201. The van der Waals surface area contributed by atoms with Gasteiger partial charge in [0.05, 0.1) is 6.61 Å². The van der Waals surface area contributed by atoms with Gasteiger partial charge in [-0.25, -0.2) is 9.38 Å². The molecule has 3 aliphatic rings. The second kappa shape index (κ2) is 4.67. The topological polar surface area (TPSA) is 153 Å². The Hall–Kier alpha value is -1.66. The number of fused-ring (bicyclic) bond motifs is 1. The summed E-state index contributed by atoms with van der Waals surface area (Å²) in [5.41, 5.74) is 5.68. The number of alkyl halides is 1. The lowest BCUT2D eigenvalue weighted by Gasteiger charge is -2.34. The molecule has 122 valence electrons. The minimum absolute atomic E-state index is 0.0411. The van der Waals surface area contributed by atoms with Crippen LogP contribution in [0, 0.1) is 0 Å². The van der Waals surface area contributed by atoms with Crippen LogP contribution in [0.1, 0.15) is 6.92 Å². The van der Waals surface area contributed by atoms with Gasteiger partial charge in [-0.1, -0.05) is 0 Å². The standard InChI is InChI=1S/C11H16FN5O5/c1-10(13)15-7-5(8(20)16-10)14-3-17(7)9-11(12,21)6(19)4(2-18)22-9/h4,6,9,18-19,21H,2-3,13H2,1H3,(H,16,20)/t4-,6-,9-,10?,11-/m1/s1. The molecular formula is C11H16FN5O5. The van der Waals surface area contributed by atoms with Crippen LogP contribution in [0.25, 0.3) is 0 Å². The van der Waals surface area contributed by atoms with Crippen molar-refractivity contribution in [2.45, 2.75) is 37.0 Å². The van der Waals surface area contributed by atoms with Crippen molar-refractivity contribution in [3.63, 3.8) is 0 Å². The van der Waals surface area contributed by atoms with E-state index in [1.807, 2.05) is 0 Å². The second-order valence-corrected chi connectivity index (χ2v) is 5.54. The van der Waals surface area contributed by atoms with E-state index in [0.29, 0.717) is 0 Å². The summed E-state index contributed by atoms with van der Waals surface area (Å²) >= 11 is 0. The summed E-state index contributed by atoms with van der Waals surface area (Å²) in [6.45, 7) is 0.528. The second-order valence-electron chi connectivity index (χ2n) is 5.54. The minimum atomic E-state index is -3.17. The highest BCUT2D eigenvalue weighted by atomic mass is 19.2. The molecule has 0 aliphatic carbocycles. The van der Waals surface area contributed by atoms with Gasteiger partial charge in [0.15, 0.2) is 23.6 Å². The lowest BCUT2D eigenvalue weighted by atomic mass is 10.1. The Labute approximate surface area is 124 Å². The molecule has 0 spiro atoms. The molecule has 0 radical (unpaired) electrons. The molecular weight excluding hydrogens is 301 g/mol. The number of aliphatic imine (C=N–C) groups is 2. The van der Waals surface area contributed by atoms with E-state index < -0.39 is 42.6 Å². The van der Waals surface area contributed by atoms with Gasteiger partial charge in [0.2, 0.25) is 0 Å². The molecule has 3 aliphatic heterocycles. The van der Waals surface area contributed by atoms with Gasteiger partial charge in [0, 0.05) is 0 Å². The van der Waals surface area contributed by atoms with Crippen LogP contribution in [0.15, 0.2) is 9.98 Å². The zero-order valence-electron chi connectivity index (χ0n) is 11.6. The van der Waals surface area contributed by atoms with Crippen LogP contribution >= 0.6 is 0 Å². The zero-order chi connectivity index (χ0) is 16.3. The maximum absolute atomic E-state index is 14.4. The summed E-state index contributed by atoms with van der Waals surface area (Å²) in [4.78, 5) is 20.9. The number of aliphatic hydroxyl groups excluding tert-OH is 2. The summed E-state index contributed by atoms with van der Waals surface area (Å²) in [6.07, 6.45) is -4.94. The van der Waals surface area contributed by atoms with Gasteiger partial charge in [-0.05, 0) is 6.92 Å². The molecule has 5 atom stereocenters. The minimum Gasteiger partial charge on any atom is -0.394 e. The first kappa shape index (κ1) is 15.2. The highest BCUT2D eigenvalue weighted by Gasteiger charge is 2.60. The number of amides is 1. The van der Waals surface area contributed by atoms with Crippen molar-refractivity contribution in [3.05, 3.63) is 0 Å². The summed E-state index contributed by atoms with van der Waals surface area (Å²) < 4.78 is 19.5. The van der Waals surface area contributed by atoms with Crippen molar-refractivity contribution >= 4 is 17.5 Å². The number of hydrogen-bond donors (Lipinski definition) is 5. The average Bonchev–Trinajstić information content (AvgIpc) is 2.89. The fourth-order valence-corrected chi connectivity index (χ4v) is 2.61. The number of carbonyl (C=O) groups excluding carboxylic acids is 1. The highest BCUT2D eigenvalue weighted by molar-refractivity contribution is 6.67. The van der Waals surface area contributed by atoms with E-state index in [4.69, 9.17) is 15.6 Å². The van der Waals surface area contributed by atoms with Gasteiger partial charge in [-0.3, -0.25) is 15.5 Å². The summed E-state index contributed by atoms with van der Waals surface area (Å²) in [7, 11) is 0. The van der Waals surface area contributed by atoms with E-state index in [0.717, 1.165) is 4.90 Å². The molecule has 3 heterocycles. The van der Waals surface area contributed by atoms with Crippen molar-refractivity contribution in [1.29, 1.82) is 0 Å². The monoisotopic (exact) mass is 317 g/mol. The van der Waals surface area contributed by atoms with Gasteiger partial charge < -0.3 is 30.3 Å². The summed E-state index contributed by atoms with van der Waals surface area (Å²) in [5.74, 6) is -5.21. The van der Waals surface area contributed by atoms with Gasteiger partial charge in [0.1, 0.15) is 18.9 Å². The Morgan fingerprint density at radius 1 is 1.64 bits per heavy atom. The molecule has 11 heteroatoms. The molecule has 22 heavy (non-hydrogen) atoms. The molecule has 1 amide bonds. The Bertz CT molecular complexity index is 577. The first-order chi connectivity index (χ1) is 10.2. The van der Waals surface area contributed by atoms with Gasteiger partial charge >= 0.3 is 0 Å². The van der Waals surface area contributed by atoms with Crippen molar-refractivity contribution in [3.8, 4) is 0 Å². The average molecular weight is 317 g/mol. The number of hydrogen-bond acceptors (Lipinski definition) is 9.